The van der Waals surface area contributed by atoms with Crippen LogP contribution in [0.4, 0.5) is 4.39 Å². The van der Waals surface area contributed by atoms with Crippen molar-refractivity contribution < 1.29 is 13.9 Å². The number of carbonyl (C=O) groups is 1. The van der Waals surface area contributed by atoms with Crippen molar-refractivity contribution in [2.45, 2.75) is 20.0 Å². The Hall–Kier alpha value is -2.44. The maximum atomic E-state index is 13.4. The lowest BCUT2D eigenvalue weighted by atomic mass is 10.3. The highest BCUT2D eigenvalue weighted by molar-refractivity contribution is 5.77. The van der Waals surface area contributed by atoms with Crippen LogP contribution in [0.1, 0.15) is 11.6 Å². The molecule has 0 radical (unpaired) electrons. The minimum absolute atomic E-state index is 0.0851. The summed E-state index contributed by atoms with van der Waals surface area (Å²) >= 11 is 0. The van der Waals surface area contributed by atoms with E-state index in [2.05, 4.69) is 10.2 Å². The third-order valence-electron chi connectivity index (χ3n) is 3.48. The van der Waals surface area contributed by atoms with Gasteiger partial charge in [0.1, 0.15) is 5.82 Å². The maximum absolute atomic E-state index is 13.4. The van der Waals surface area contributed by atoms with Gasteiger partial charge in [0, 0.05) is 13.1 Å². The van der Waals surface area contributed by atoms with Crippen LogP contribution in [-0.2, 0) is 17.9 Å². The van der Waals surface area contributed by atoms with Gasteiger partial charge < -0.3 is 14.2 Å². The Labute approximate surface area is 121 Å². The molecule has 0 saturated heterocycles. The van der Waals surface area contributed by atoms with E-state index in [0.717, 1.165) is 11.6 Å². The van der Waals surface area contributed by atoms with Crippen LogP contribution in [0.15, 0.2) is 24.3 Å². The quantitative estimate of drug-likeness (QED) is 0.850. The number of rotatable bonds is 3. The molecule has 0 spiro atoms. The lowest BCUT2D eigenvalue weighted by Gasteiger charge is -2.27. The van der Waals surface area contributed by atoms with Gasteiger partial charge in [0.25, 0.3) is 5.91 Å². The molecule has 7 heteroatoms. The molecule has 6 nitrogen and oxygen atoms in total. The fraction of sp³-hybridized carbons (Fsp3) is 0.357. The molecule has 0 saturated carbocycles. The molecular formula is C14H15FN4O2. The monoisotopic (exact) mass is 290 g/mol. The Morgan fingerprint density at radius 1 is 1.33 bits per heavy atom. The minimum atomic E-state index is -0.473. The number of benzene rings is 1. The van der Waals surface area contributed by atoms with Gasteiger partial charge in [0.2, 0.25) is 0 Å². The van der Waals surface area contributed by atoms with E-state index >= 15 is 0 Å². The van der Waals surface area contributed by atoms with Crippen LogP contribution in [0.2, 0.25) is 0 Å². The van der Waals surface area contributed by atoms with Gasteiger partial charge >= 0.3 is 0 Å². The molecule has 1 aliphatic rings. The average Bonchev–Trinajstić information content (AvgIpc) is 2.87. The molecular weight excluding hydrogens is 275 g/mol. The number of carbonyl (C=O) groups excluding carboxylic acids is 1. The summed E-state index contributed by atoms with van der Waals surface area (Å²) in [4.78, 5) is 13.8. The van der Waals surface area contributed by atoms with Crippen LogP contribution < -0.4 is 4.74 Å². The average molecular weight is 290 g/mol. The molecule has 0 aliphatic carbocycles. The predicted molar refractivity (Wildman–Crippen MR) is 72.1 cm³/mol. The lowest BCUT2D eigenvalue weighted by Crippen LogP contribution is -2.41. The second-order valence-electron chi connectivity index (χ2n) is 4.85. The second-order valence-corrected chi connectivity index (χ2v) is 4.85. The molecule has 1 amide bonds. The minimum Gasteiger partial charge on any atom is -0.481 e. The normalized spacial score (nSPS) is 13.9. The van der Waals surface area contributed by atoms with Crippen molar-refractivity contribution in [1.29, 1.82) is 0 Å². The zero-order chi connectivity index (χ0) is 14.8. The number of fused-ring (bicyclic) bond motifs is 1. The highest BCUT2D eigenvalue weighted by Gasteiger charge is 2.23. The van der Waals surface area contributed by atoms with E-state index in [4.69, 9.17) is 4.74 Å². The SMILES string of the molecule is Cc1nnc2n1CCN(C(=O)COc1ccccc1F)C2. The summed E-state index contributed by atoms with van der Waals surface area (Å²) in [5.41, 5.74) is 0. The van der Waals surface area contributed by atoms with E-state index in [0.29, 0.717) is 19.6 Å². The largest absolute Gasteiger partial charge is 0.481 e. The number of aromatic nitrogens is 3. The topological polar surface area (TPSA) is 60.2 Å². The molecule has 2 aromatic rings. The van der Waals surface area contributed by atoms with Crippen molar-refractivity contribution in [2.24, 2.45) is 0 Å². The first-order valence-corrected chi connectivity index (χ1v) is 6.69. The number of ether oxygens (including phenoxy) is 1. The number of para-hydroxylation sites is 1. The molecule has 2 heterocycles. The summed E-state index contributed by atoms with van der Waals surface area (Å²) in [6.45, 7) is 3.34. The Balaban J connectivity index is 1.61. The number of hydrogen-bond donors (Lipinski definition) is 0. The van der Waals surface area contributed by atoms with Gasteiger partial charge in [-0.05, 0) is 19.1 Å². The van der Waals surface area contributed by atoms with E-state index in [1.54, 1.807) is 17.0 Å². The van der Waals surface area contributed by atoms with Gasteiger partial charge in [-0.1, -0.05) is 12.1 Å². The number of nitrogens with zero attached hydrogens (tertiary/aromatic N) is 4. The van der Waals surface area contributed by atoms with Crippen molar-refractivity contribution in [3.8, 4) is 5.75 Å². The number of hydrogen-bond acceptors (Lipinski definition) is 4. The Morgan fingerprint density at radius 2 is 2.14 bits per heavy atom. The van der Waals surface area contributed by atoms with E-state index in [1.165, 1.54) is 12.1 Å². The first-order chi connectivity index (χ1) is 10.1. The molecule has 0 bridgehead atoms. The van der Waals surface area contributed by atoms with Crippen molar-refractivity contribution >= 4 is 5.91 Å². The summed E-state index contributed by atoms with van der Waals surface area (Å²) in [7, 11) is 0. The van der Waals surface area contributed by atoms with Crippen LogP contribution >= 0.6 is 0 Å². The van der Waals surface area contributed by atoms with Crippen LogP contribution in [-0.4, -0.2) is 38.7 Å². The van der Waals surface area contributed by atoms with E-state index in [-0.39, 0.29) is 18.3 Å². The smallest absolute Gasteiger partial charge is 0.260 e. The number of amides is 1. The molecule has 0 unspecified atom stereocenters. The highest BCUT2D eigenvalue weighted by atomic mass is 19.1. The molecule has 0 N–H and O–H groups in total. The fourth-order valence-corrected chi connectivity index (χ4v) is 2.31. The molecule has 110 valence electrons. The molecule has 0 atom stereocenters. The highest BCUT2D eigenvalue weighted by Crippen LogP contribution is 2.16. The van der Waals surface area contributed by atoms with Gasteiger partial charge in [0.15, 0.2) is 24.0 Å². The number of aryl methyl sites for hydroxylation is 1. The zero-order valence-electron chi connectivity index (χ0n) is 11.6. The van der Waals surface area contributed by atoms with E-state index in [9.17, 15) is 9.18 Å². The van der Waals surface area contributed by atoms with Crippen molar-refractivity contribution in [3.05, 3.63) is 41.7 Å². The third kappa shape index (κ3) is 2.72. The van der Waals surface area contributed by atoms with Crippen LogP contribution in [0, 0.1) is 12.7 Å². The summed E-state index contributed by atoms with van der Waals surface area (Å²) in [6, 6.07) is 6.03. The zero-order valence-corrected chi connectivity index (χ0v) is 11.6. The first-order valence-electron chi connectivity index (χ1n) is 6.69. The van der Waals surface area contributed by atoms with E-state index in [1.807, 2.05) is 11.5 Å². The van der Waals surface area contributed by atoms with Gasteiger partial charge in [-0.25, -0.2) is 4.39 Å². The van der Waals surface area contributed by atoms with Crippen molar-refractivity contribution in [1.82, 2.24) is 19.7 Å². The van der Waals surface area contributed by atoms with Gasteiger partial charge in [-0.3, -0.25) is 4.79 Å². The Bertz CT molecular complexity index is 671. The number of halogens is 1. The third-order valence-corrected chi connectivity index (χ3v) is 3.48. The van der Waals surface area contributed by atoms with Crippen LogP contribution in [0.3, 0.4) is 0 Å². The fourth-order valence-electron chi connectivity index (χ4n) is 2.31. The molecule has 1 aliphatic heterocycles. The molecule has 1 aromatic carbocycles. The Kier molecular flexibility index (Phi) is 3.55. The second kappa shape index (κ2) is 5.51. The Morgan fingerprint density at radius 3 is 2.95 bits per heavy atom. The van der Waals surface area contributed by atoms with Gasteiger partial charge in [-0.15, -0.1) is 10.2 Å². The van der Waals surface area contributed by atoms with Gasteiger partial charge in [-0.2, -0.15) is 0 Å². The summed E-state index contributed by atoms with van der Waals surface area (Å²) < 4.78 is 20.6. The van der Waals surface area contributed by atoms with Crippen LogP contribution in [0.25, 0.3) is 0 Å². The summed E-state index contributed by atoms with van der Waals surface area (Å²) in [5, 5.41) is 8.03. The standard InChI is InChI=1S/C14H15FN4O2/c1-10-16-17-13-8-18(6-7-19(10)13)14(20)9-21-12-5-3-2-4-11(12)15/h2-5H,6-9H2,1H3. The molecule has 0 fully saturated rings. The molecule has 3 rings (SSSR count). The lowest BCUT2D eigenvalue weighted by molar-refractivity contribution is -0.134. The summed E-state index contributed by atoms with van der Waals surface area (Å²) in [5.74, 6) is 1.03. The summed E-state index contributed by atoms with van der Waals surface area (Å²) in [6.07, 6.45) is 0. The first kappa shape index (κ1) is 13.5. The van der Waals surface area contributed by atoms with Crippen molar-refractivity contribution in [2.75, 3.05) is 13.2 Å². The molecule has 1 aromatic heterocycles. The molecule has 21 heavy (non-hydrogen) atoms. The van der Waals surface area contributed by atoms with Gasteiger partial charge in [0.05, 0.1) is 6.54 Å². The maximum Gasteiger partial charge on any atom is 0.260 e. The van der Waals surface area contributed by atoms with Crippen LogP contribution in [0.5, 0.6) is 5.75 Å². The predicted octanol–water partition coefficient (Wildman–Crippen LogP) is 1.15. The van der Waals surface area contributed by atoms with Crippen molar-refractivity contribution in [3.63, 3.8) is 0 Å². The van der Waals surface area contributed by atoms with E-state index < -0.39 is 5.82 Å².